The summed E-state index contributed by atoms with van der Waals surface area (Å²) in [6.07, 6.45) is 3.17. The van der Waals surface area contributed by atoms with Gasteiger partial charge >= 0.3 is 0 Å². The maximum atomic E-state index is 6.21. The van der Waals surface area contributed by atoms with E-state index in [0.29, 0.717) is 23.1 Å². The van der Waals surface area contributed by atoms with Crippen molar-refractivity contribution in [2.24, 2.45) is 0 Å². The molecule has 122 valence electrons. The van der Waals surface area contributed by atoms with Crippen LogP contribution in [-0.2, 0) is 0 Å². The highest BCUT2D eigenvalue weighted by Crippen LogP contribution is 2.29. The minimum Gasteiger partial charge on any atom is -0.393 e. The van der Waals surface area contributed by atoms with Crippen LogP contribution < -0.4 is 16.4 Å². The van der Waals surface area contributed by atoms with Gasteiger partial charge in [-0.25, -0.2) is 15.0 Å². The minimum atomic E-state index is 0.433. The van der Waals surface area contributed by atoms with Crippen molar-refractivity contribution in [3.05, 3.63) is 58.5 Å². The Bertz CT molecular complexity index is 863. The van der Waals surface area contributed by atoms with Gasteiger partial charge in [0.25, 0.3) is 0 Å². The van der Waals surface area contributed by atoms with Crippen molar-refractivity contribution in [2.75, 3.05) is 16.4 Å². The van der Waals surface area contributed by atoms with Gasteiger partial charge in [-0.15, -0.1) is 0 Å². The standard InChI is InChI=1S/C17H17BrN6/c1-10-3-4-11(2)13(7-10)23-16-15(19)17(22-9-21-16)24-14-6-5-12(18)8-20-14/h3-9H,19H2,1-2H3,(H2,20,21,22,23,24). The zero-order valence-corrected chi connectivity index (χ0v) is 14.9. The van der Waals surface area contributed by atoms with Gasteiger partial charge < -0.3 is 16.4 Å². The molecule has 0 spiro atoms. The summed E-state index contributed by atoms with van der Waals surface area (Å²) in [5.74, 6) is 1.72. The zero-order chi connectivity index (χ0) is 17.1. The molecule has 2 heterocycles. The molecule has 0 saturated carbocycles. The Labute approximate surface area is 148 Å². The summed E-state index contributed by atoms with van der Waals surface area (Å²) in [5.41, 5.74) is 9.88. The number of anilines is 5. The predicted octanol–water partition coefficient (Wildman–Crippen LogP) is 4.32. The minimum absolute atomic E-state index is 0.433. The molecule has 0 fully saturated rings. The first-order valence-electron chi connectivity index (χ1n) is 7.36. The second-order valence-corrected chi connectivity index (χ2v) is 6.33. The molecule has 0 atom stereocenters. The van der Waals surface area contributed by atoms with E-state index >= 15 is 0 Å². The van der Waals surface area contributed by atoms with Crippen LogP contribution in [0.15, 0.2) is 47.3 Å². The Morgan fingerprint density at radius 2 is 1.71 bits per heavy atom. The van der Waals surface area contributed by atoms with Crippen molar-refractivity contribution < 1.29 is 0 Å². The molecule has 0 radical (unpaired) electrons. The largest absolute Gasteiger partial charge is 0.393 e. The normalized spacial score (nSPS) is 10.5. The molecular formula is C17H17BrN6. The topological polar surface area (TPSA) is 88.8 Å². The van der Waals surface area contributed by atoms with Crippen LogP contribution in [0.25, 0.3) is 0 Å². The van der Waals surface area contributed by atoms with Gasteiger partial charge in [-0.2, -0.15) is 0 Å². The number of benzene rings is 1. The zero-order valence-electron chi connectivity index (χ0n) is 13.3. The van der Waals surface area contributed by atoms with Crippen LogP contribution in [0, 0.1) is 13.8 Å². The van der Waals surface area contributed by atoms with E-state index in [4.69, 9.17) is 5.73 Å². The summed E-state index contributed by atoms with van der Waals surface area (Å²) in [6, 6.07) is 9.90. The van der Waals surface area contributed by atoms with Crippen molar-refractivity contribution in [3.63, 3.8) is 0 Å². The number of aromatic nitrogens is 3. The first-order valence-corrected chi connectivity index (χ1v) is 8.15. The summed E-state index contributed by atoms with van der Waals surface area (Å²) in [4.78, 5) is 12.7. The number of halogens is 1. The van der Waals surface area contributed by atoms with Crippen LogP contribution in [0.5, 0.6) is 0 Å². The van der Waals surface area contributed by atoms with E-state index < -0.39 is 0 Å². The van der Waals surface area contributed by atoms with Crippen molar-refractivity contribution in [2.45, 2.75) is 13.8 Å². The van der Waals surface area contributed by atoms with E-state index in [1.165, 1.54) is 6.33 Å². The first-order chi connectivity index (χ1) is 11.5. The number of nitrogen functional groups attached to an aromatic ring is 1. The van der Waals surface area contributed by atoms with Crippen molar-refractivity contribution in [1.29, 1.82) is 0 Å². The summed E-state index contributed by atoms with van der Waals surface area (Å²) < 4.78 is 0.904. The molecule has 0 aliphatic rings. The van der Waals surface area contributed by atoms with Gasteiger partial charge in [0, 0.05) is 16.4 Å². The summed E-state index contributed by atoms with van der Waals surface area (Å²) in [5, 5.41) is 6.38. The third-order valence-electron chi connectivity index (χ3n) is 3.50. The quantitative estimate of drug-likeness (QED) is 0.620. The molecule has 3 rings (SSSR count). The SMILES string of the molecule is Cc1ccc(C)c(Nc2ncnc(Nc3ccc(Br)cn3)c2N)c1. The van der Waals surface area contributed by atoms with Gasteiger partial charge in [0.1, 0.15) is 17.8 Å². The number of hydrogen-bond donors (Lipinski definition) is 3. The van der Waals surface area contributed by atoms with Crippen LogP contribution in [0.2, 0.25) is 0 Å². The Kier molecular flexibility index (Phi) is 4.61. The molecule has 0 bridgehead atoms. The molecule has 0 amide bonds. The molecule has 1 aromatic carbocycles. The smallest absolute Gasteiger partial charge is 0.160 e. The fourth-order valence-corrected chi connectivity index (χ4v) is 2.40. The maximum absolute atomic E-state index is 6.21. The molecule has 7 heteroatoms. The van der Waals surface area contributed by atoms with Crippen LogP contribution in [0.1, 0.15) is 11.1 Å². The van der Waals surface area contributed by atoms with Gasteiger partial charge in [0.15, 0.2) is 11.6 Å². The van der Waals surface area contributed by atoms with Gasteiger partial charge in [0.2, 0.25) is 0 Å². The van der Waals surface area contributed by atoms with Crippen molar-refractivity contribution in [3.8, 4) is 0 Å². The number of rotatable bonds is 4. The molecule has 24 heavy (non-hydrogen) atoms. The molecule has 2 aromatic heterocycles. The highest BCUT2D eigenvalue weighted by Gasteiger charge is 2.10. The Morgan fingerprint density at radius 3 is 2.42 bits per heavy atom. The molecule has 6 nitrogen and oxygen atoms in total. The second kappa shape index (κ2) is 6.84. The third kappa shape index (κ3) is 3.62. The van der Waals surface area contributed by atoms with E-state index in [9.17, 15) is 0 Å². The molecule has 0 aliphatic heterocycles. The Morgan fingerprint density at radius 1 is 0.958 bits per heavy atom. The van der Waals surface area contributed by atoms with Crippen LogP contribution in [-0.4, -0.2) is 15.0 Å². The third-order valence-corrected chi connectivity index (χ3v) is 3.97. The van der Waals surface area contributed by atoms with E-state index in [1.807, 2.05) is 26.0 Å². The number of nitrogens with two attached hydrogens (primary N) is 1. The van der Waals surface area contributed by atoms with Crippen molar-refractivity contribution >= 4 is 44.8 Å². The highest BCUT2D eigenvalue weighted by atomic mass is 79.9. The van der Waals surface area contributed by atoms with E-state index in [1.54, 1.807) is 6.20 Å². The van der Waals surface area contributed by atoms with Crippen LogP contribution in [0.3, 0.4) is 0 Å². The monoisotopic (exact) mass is 384 g/mol. The van der Waals surface area contributed by atoms with Gasteiger partial charge in [0.05, 0.1) is 0 Å². The molecule has 4 N–H and O–H groups in total. The number of nitrogens with one attached hydrogen (secondary N) is 2. The number of nitrogens with zero attached hydrogens (tertiary/aromatic N) is 3. The second-order valence-electron chi connectivity index (χ2n) is 5.41. The van der Waals surface area contributed by atoms with Gasteiger partial charge in [-0.1, -0.05) is 12.1 Å². The van der Waals surface area contributed by atoms with E-state index in [0.717, 1.165) is 21.3 Å². The Hall–Kier alpha value is -2.67. The molecule has 3 aromatic rings. The lowest BCUT2D eigenvalue weighted by Crippen LogP contribution is -2.06. The number of hydrogen-bond acceptors (Lipinski definition) is 6. The fraction of sp³-hybridized carbons (Fsp3) is 0.118. The summed E-state index contributed by atoms with van der Waals surface area (Å²) in [7, 11) is 0. The van der Waals surface area contributed by atoms with Gasteiger partial charge in [-0.3, -0.25) is 0 Å². The fourth-order valence-electron chi connectivity index (χ4n) is 2.16. The molecule has 0 aliphatic carbocycles. The summed E-state index contributed by atoms with van der Waals surface area (Å²) in [6.45, 7) is 4.07. The predicted molar refractivity (Wildman–Crippen MR) is 101 cm³/mol. The lowest BCUT2D eigenvalue weighted by Gasteiger charge is -2.14. The molecule has 0 saturated heterocycles. The van der Waals surface area contributed by atoms with E-state index in [2.05, 4.69) is 59.7 Å². The average molecular weight is 385 g/mol. The maximum Gasteiger partial charge on any atom is 0.160 e. The molecular weight excluding hydrogens is 368 g/mol. The highest BCUT2D eigenvalue weighted by molar-refractivity contribution is 9.10. The van der Waals surface area contributed by atoms with E-state index in [-0.39, 0.29) is 0 Å². The van der Waals surface area contributed by atoms with Gasteiger partial charge in [-0.05, 0) is 59.1 Å². The van der Waals surface area contributed by atoms with Crippen LogP contribution >= 0.6 is 15.9 Å². The lowest BCUT2D eigenvalue weighted by molar-refractivity contribution is 1.16. The molecule has 0 unspecified atom stereocenters. The average Bonchev–Trinajstić information content (AvgIpc) is 2.56. The first kappa shape index (κ1) is 16.2. The summed E-state index contributed by atoms with van der Waals surface area (Å²) >= 11 is 3.36. The number of aryl methyl sites for hydroxylation is 2. The Balaban J connectivity index is 1.88. The van der Waals surface area contributed by atoms with Crippen LogP contribution in [0.4, 0.5) is 28.8 Å². The lowest BCUT2D eigenvalue weighted by atomic mass is 10.1. The van der Waals surface area contributed by atoms with Crippen molar-refractivity contribution in [1.82, 2.24) is 15.0 Å². The number of pyridine rings is 1.